The molecule has 8 heteroatoms. The van der Waals surface area contributed by atoms with Gasteiger partial charge in [0, 0.05) is 17.7 Å². The number of carbonyl (C=O) groups excluding carboxylic acids is 1. The molecule has 0 radical (unpaired) electrons. The predicted molar refractivity (Wildman–Crippen MR) is 104 cm³/mol. The van der Waals surface area contributed by atoms with Gasteiger partial charge in [-0.05, 0) is 37.5 Å². The molecule has 6 rings (SSSR count). The minimum Gasteiger partial charge on any atom is -0.390 e. The van der Waals surface area contributed by atoms with E-state index < -0.39 is 0 Å². The number of aliphatic hydroxyl groups excluding tert-OH is 1. The number of nitrogens with zero attached hydrogens (tertiary/aromatic N) is 4. The standard InChI is InChI=1S/C21H23N5O3/c27-12-16-11-22-25-26(16)19-9-14-6-7-15(19)8-17(14)23-21(28)18-10-20(29-24-18)13-4-2-1-3-5-13/h1-5,10-11,14-15,17,19,27H,6-9,12H2,(H,23,28). The van der Waals surface area contributed by atoms with Crippen molar-refractivity contribution in [3.8, 4) is 11.3 Å². The van der Waals surface area contributed by atoms with Crippen molar-refractivity contribution >= 4 is 5.91 Å². The van der Waals surface area contributed by atoms with E-state index >= 15 is 0 Å². The summed E-state index contributed by atoms with van der Waals surface area (Å²) in [6.45, 7) is -0.0586. The van der Waals surface area contributed by atoms with E-state index in [9.17, 15) is 9.90 Å². The Morgan fingerprint density at radius 2 is 2.03 bits per heavy atom. The molecule has 1 aromatic carbocycles. The Kier molecular flexibility index (Phi) is 4.63. The second-order valence-electron chi connectivity index (χ2n) is 7.99. The number of hydrogen-bond donors (Lipinski definition) is 2. The van der Waals surface area contributed by atoms with Crippen LogP contribution in [0, 0.1) is 11.8 Å². The average molecular weight is 393 g/mol. The van der Waals surface area contributed by atoms with Crippen LogP contribution in [0.1, 0.15) is 47.9 Å². The van der Waals surface area contributed by atoms with Crippen molar-refractivity contribution in [2.24, 2.45) is 11.8 Å². The largest absolute Gasteiger partial charge is 0.390 e. The van der Waals surface area contributed by atoms with Crippen LogP contribution in [0.15, 0.2) is 47.1 Å². The zero-order chi connectivity index (χ0) is 19.8. The molecule has 0 aliphatic heterocycles. The van der Waals surface area contributed by atoms with Gasteiger partial charge in [-0.25, -0.2) is 4.68 Å². The van der Waals surface area contributed by atoms with Crippen molar-refractivity contribution in [2.45, 2.75) is 44.4 Å². The minimum absolute atomic E-state index is 0.0586. The van der Waals surface area contributed by atoms with Gasteiger partial charge in [0.15, 0.2) is 11.5 Å². The number of rotatable bonds is 5. The number of carbonyl (C=O) groups is 1. The number of aromatic nitrogens is 4. The van der Waals surface area contributed by atoms with Gasteiger partial charge < -0.3 is 14.9 Å². The fourth-order valence-corrected chi connectivity index (χ4v) is 4.90. The number of hydrogen-bond acceptors (Lipinski definition) is 6. The molecule has 4 unspecified atom stereocenters. The van der Waals surface area contributed by atoms with Crippen molar-refractivity contribution in [3.63, 3.8) is 0 Å². The van der Waals surface area contributed by atoms with Crippen LogP contribution in [-0.2, 0) is 6.61 Å². The molecular formula is C21H23N5O3. The maximum atomic E-state index is 12.8. The lowest BCUT2D eigenvalue weighted by molar-refractivity contribution is 0.0514. The molecule has 3 saturated carbocycles. The van der Waals surface area contributed by atoms with Gasteiger partial charge in [-0.1, -0.05) is 40.7 Å². The summed E-state index contributed by atoms with van der Waals surface area (Å²) in [5, 5.41) is 24.8. The maximum absolute atomic E-state index is 12.8. The summed E-state index contributed by atoms with van der Waals surface area (Å²) in [4.78, 5) is 12.8. The normalized spacial score (nSPS) is 25.8. The first-order chi connectivity index (χ1) is 14.2. The fraction of sp³-hybridized carbons (Fsp3) is 0.429. The maximum Gasteiger partial charge on any atom is 0.273 e. The average Bonchev–Trinajstić information content (AvgIpc) is 3.44. The van der Waals surface area contributed by atoms with E-state index in [-0.39, 0.29) is 24.6 Å². The van der Waals surface area contributed by atoms with E-state index in [4.69, 9.17) is 4.52 Å². The van der Waals surface area contributed by atoms with Crippen LogP contribution < -0.4 is 5.32 Å². The second-order valence-corrected chi connectivity index (χ2v) is 7.99. The molecule has 3 aromatic rings. The van der Waals surface area contributed by atoms with Crippen molar-refractivity contribution < 1.29 is 14.4 Å². The lowest BCUT2D eigenvalue weighted by atomic mass is 9.65. The third-order valence-electron chi connectivity index (χ3n) is 6.37. The quantitative estimate of drug-likeness (QED) is 0.690. The number of aliphatic hydroxyl groups is 1. The van der Waals surface area contributed by atoms with Crippen LogP contribution in [0.2, 0.25) is 0 Å². The first-order valence-electron chi connectivity index (χ1n) is 10.1. The Hall–Kier alpha value is -3.00. The van der Waals surface area contributed by atoms with E-state index in [1.165, 1.54) is 0 Å². The fourth-order valence-electron chi connectivity index (χ4n) is 4.90. The van der Waals surface area contributed by atoms with Gasteiger partial charge in [0.2, 0.25) is 0 Å². The minimum atomic E-state index is -0.193. The first-order valence-corrected chi connectivity index (χ1v) is 10.1. The highest BCUT2D eigenvalue weighted by Gasteiger charge is 2.44. The van der Waals surface area contributed by atoms with Gasteiger partial charge in [-0.2, -0.15) is 0 Å². The van der Waals surface area contributed by atoms with E-state index in [0.717, 1.165) is 36.9 Å². The summed E-state index contributed by atoms with van der Waals surface area (Å²) in [5.41, 5.74) is 1.95. The molecule has 0 saturated heterocycles. The first kappa shape index (κ1) is 18.1. The molecule has 2 bridgehead atoms. The van der Waals surface area contributed by atoms with Crippen LogP contribution >= 0.6 is 0 Å². The van der Waals surface area contributed by atoms with Gasteiger partial charge in [-0.15, -0.1) is 5.10 Å². The van der Waals surface area contributed by atoms with Crippen molar-refractivity contribution in [3.05, 3.63) is 54.0 Å². The molecule has 3 aliphatic carbocycles. The highest BCUT2D eigenvalue weighted by Crippen LogP contribution is 2.47. The summed E-state index contributed by atoms with van der Waals surface area (Å²) in [7, 11) is 0. The van der Waals surface area contributed by atoms with Crippen LogP contribution in [0.5, 0.6) is 0 Å². The zero-order valence-corrected chi connectivity index (χ0v) is 15.9. The highest BCUT2D eigenvalue weighted by atomic mass is 16.5. The molecule has 150 valence electrons. The lowest BCUT2D eigenvalue weighted by Gasteiger charge is -2.47. The van der Waals surface area contributed by atoms with Crippen LogP contribution in [0.4, 0.5) is 0 Å². The molecule has 2 N–H and O–H groups in total. The molecule has 2 aromatic heterocycles. The van der Waals surface area contributed by atoms with Crippen LogP contribution in [-0.4, -0.2) is 37.2 Å². The molecule has 8 nitrogen and oxygen atoms in total. The molecule has 2 heterocycles. The Bertz CT molecular complexity index is 999. The number of nitrogens with one attached hydrogen (secondary N) is 1. The molecule has 4 atom stereocenters. The number of amides is 1. The van der Waals surface area contributed by atoms with E-state index in [1.54, 1.807) is 12.3 Å². The highest BCUT2D eigenvalue weighted by molar-refractivity contribution is 5.93. The van der Waals surface area contributed by atoms with Crippen molar-refractivity contribution in [1.29, 1.82) is 0 Å². The second kappa shape index (κ2) is 7.44. The molecule has 3 fully saturated rings. The smallest absolute Gasteiger partial charge is 0.273 e. The summed E-state index contributed by atoms with van der Waals surface area (Å²) < 4.78 is 7.24. The molecule has 0 spiro atoms. The van der Waals surface area contributed by atoms with E-state index in [1.807, 2.05) is 35.0 Å². The lowest BCUT2D eigenvalue weighted by Crippen LogP contribution is -2.50. The Morgan fingerprint density at radius 3 is 2.79 bits per heavy atom. The third kappa shape index (κ3) is 3.33. The summed E-state index contributed by atoms with van der Waals surface area (Å²) in [6.07, 6.45) is 5.64. The Labute approximate surface area is 167 Å². The van der Waals surface area contributed by atoms with Crippen LogP contribution in [0.25, 0.3) is 11.3 Å². The topological polar surface area (TPSA) is 106 Å². The third-order valence-corrected chi connectivity index (χ3v) is 6.37. The molecular weight excluding hydrogens is 370 g/mol. The summed E-state index contributed by atoms with van der Waals surface area (Å²) in [6, 6.07) is 11.7. The SMILES string of the molecule is O=C(NC1CC2CCC1CC2n1nncc1CO)c1cc(-c2ccccc2)on1. The summed E-state index contributed by atoms with van der Waals surface area (Å²) in [5.74, 6) is 1.19. The van der Waals surface area contributed by atoms with Crippen LogP contribution in [0.3, 0.4) is 0 Å². The van der Waals surface area contributed by atoms with Gasteiger partial charge in [0.25, 0.3) is 5.91 Å². The molecule has 29 heavy (non-hydrogen) atoms. The molecule has 1 amide bonds. The van der Waals surface area contributed by atoms with Gasteiger partial charge in [-0.3, -0.25) is 4.79 Å². The predicted octanol–water partition coefficient (Wildman–Crippen LogP) is 2.59. The Balaban J connectivity index is 1.27. The number of benzene rings is 1. The Morgan fingerprint density at radius 1 is 1.21 bits per heavy atom. The zero-order valence-electron chi connectivity index (χ0n) is 15.9. The van der Waals surface area contributed by atoms with E-state index in [2.05, 4.69) is 20.8 Å². The van der Waals surface area contributed by atoms with Crippen molar-refractivity contribution in [2.75, 3.05) is 0 Å². The summed E-state index contributed by atoms with van der Waals surface area (Å²) >= 11 is 0. The number of fused-ring (bicyclic) bond motifs is 3. The van der Waals surface area contributed by atoms with Crippen molar-refractivity contribution in [1.82, 2.24) is 25.5 Å². The molecule has 3 aliphatic rings. The van der Waals surface area contributed by atoms with Gasteiger partial charge >= 0.3 is 0 Å². The monoisotopic (exact) mass is 393 g/mol. The van der Waals surface area contributed by atoms with E-state index in [0.29, 0.717) is 23.3 Å². The van der Waals surface area contributed by atoms with Gasteiger partial charge in [0.05, 0.1) is 24.5 Å². The van der Waals surface area contributed by atoms with Gasteiger partial charge in [0.1, 0.15) is 0 Å².